The smallest absolute Gasteiger partial charge is 0.296 e. The van der Waals surface area contributed by atoms with Gasteiger partial charge in [-0.15, -0.1) is 0 Å². The second-order valence-electron chi connectivity index (χ2n) is 3.92. The van der Waals surface area contributed by atoms with Crippen molar-refractivity contribution in [2.45, 2.75) is 4.90 Å². The molecule has 0 radical (unpaired) electrons. The molecule has 0 bridgehead atoms. The van der Waals surface area contributed by atoms with Crippen LogP contribution < -0.4 is 5.73 Å². The van der Waals surface area contributed by atoms with Crippen LogP contribution in [-0.4, -0.2) is 18.8 Å². The number of carbonyl (C=O) groups is 1. The summed E-state index contributed by atoms with van der Waals surface area (Å²) in [6, 6.07) is 12.2. The van der Waals surface area contributed by atoms with Crippen LogP contribution in [0.2, 0.25) is 0 Å². The summed E-state index contributed by atoms with van der Waals surface area (Å²) in [5.74, 6) is -0.269. The van der Waals surface area contributed by atoms with E-state index in [9.17, 15) is 13.2 Å². The van der Waals surface area contributed by atoms with Gasteiger partial charge in [0.1, 0.15) is 4.90 Å². The zero-order valence-electron chi connectivity index (χ0n) is 9.78. The van der Waals surface area contributed by atoms with Gasteiger partial charge < -0.3 is 5.73 Å². The van der Waals surface area contributed by atoms with Crippen LogP contribution in [0.3, 0.4) is 0 Å². The minimum Gasteiger partial charge on any atom is -0.398 e. The Balaban J connectivity index is 2.44. The molecule has 0 amide bonds. The summed E-state index contributed by atoms with van der Waals surface area (Å²) in [4.78, 5) is 11.7. The predicted molar refractivity (Wildman–Crippen MR) is 70.5 cm³/mol. The van der Waals surface area contributed by atoms with Crippen LogP contribution in [0.1, 0.15) is 15.9 Å². The third-order valence-corrected chi connectivity index (χ3v) is 3.51. The van der Waals surface area contributed by atoms with Gasteiger partial charge in [-0.25, -0.2) is 0 Å². The number of nitrogens with two attached hydrogens (primary N) is 1. The van der Waals surface area contributed by atoms with Gasteiger partial charge in [0.15, 0.2) is 5.78 Å². The largest absolute Gasteiger partial charge is 0.398 e. The quantitative estimate of drug-likeness (QED) is 0.506. The maximum atomic E-state index is 12.1. The van der Waals surface area contributed by atoms with E-state index >= 15 is 0 Å². The van der Waals surface area contributed by atoms with Crippen LogP contribution in [-0.2, 0) is 10.1 Å². The number of rotatable bonds is 3. The lowest BCUT2D eigenvalue weighted by Gasteiger charge is -2.05. The summed E-state index contributed by atoms with van der Waals surface area (Å²) in [5, 5.41) is 0. The molecule has 0 aliphatic rings. The summed E-state index contributed by atoms with van der Waals surface area (Å²) >= 11 is 0. The number of nitrogen functional groups attached to an aromatic ring is 1. The van der Waals surface area contributed by atoms with E-state index in [1.54, 1.807) is 30.3 Å². The minimum atomic E-state index is -4.38. The third-order valence-electron chi connectivity index (χ3n) is 2.59. The molecule has 0 saturated carbocycles. The van der Waals surface area contributed by atoms with Gasteiger partial charge in [-0.1, -0.05) is 30.3 Å². The number of hydrogen-bond acceptors (Lipinski definition) is 4. The molecular weight excluding hydrogens is 266 g/mol. The average molecular weight is 277 g/mol. The average Bonchev–Trinajstić information content (AvgIpc) is 2.37. The lowest BCUT2D eigenvalue weighted by Crippen LogP contribution is -2.06. The van der Waals surface area contributed by atoms with Crippen LogP contribution >= 0.6 is 0 Å². The topological polar surface area (TPSA) is 97.5 Å². The Kier molecular flexibility index (Phi) is 3.37. The molecule has 2 aromatic rings. The molecule has 5 nitrogen and oxygen atoms in total. The second-order valence-corrected chi connectivity index (χ2v) is 5.31. The highest BCUT2D eigenvalue weighted by Crippen LogP contribution is 2.21. The van der Waals surface area contributed by atoms with Crippen molar-refractivity contribution in [2.24, 2.45) is 0 Å². The van der Waals surface area contributed by atoms with Crippen LogP contribution in [0.15, 0.2) is 53.4 Å². The Hall–Kier alpha value is -2.18. The molecule has 0 unspecified atom stereocenters. The summed E-state index contributed by atoms with van der Waals surface area (Å²) < 4.78 is 30.9. The molecule has 2 rings (SSSR count). The van der Waals surface area contributed by atoms with Crippen molar-refractivity contribution in [3.8, 4) is 0 Å². The second kappa shape index (κ2) is 4.83. The normalized spacial score (nSPS) is 11.2. The molecule has 0 fully saturated rings. The first-order valence-electron chi connectivity index (χ1n) is 5.36. The Labute approximate surface area is 110 Å². The van der Waals surface area contributed by atoms with Crippen LogP contribution in [0.25, 0.3) is 0 Å². The Bertz CT molecular complexity index is 724. The Morgan fingerprint density at radius 2 is 1.63 bits per heavy atom. The molecule has 0 aliphatic heterocycles. The number of anilines is 1. The van der Waals surface area contributed by atoms with Gasteiger partial charge in [0.2, 0.25) is 0 Å². The third kappa shape index (κ3) is 2.81. The molecule has 98 valence electrons. The van der Waals surface area contributed by atoms with E-state index < -0.39 is 15.0 Å². The first-order valence-corrected chi connectivity index (χ1v) is 6.80. The Morgan fingerprint density at radius 3 is 2.16 bits per heavy atom. The highest BCUT2D eigenvalue weighted by atomic mass is 32.2. The SMILES string of the molecule is Nc1cc(C(=O)c2ccccc2)ccc1S(=O)(=O)O. The molecule has 0 saturated heterocycles. The standard InChI is InChI=1S/C13H11NO4S/c14-11-8-10(6-7-12(11)19(16,17)18)13(15)9-4-2-1-3-5-9/h1-8H,14H2,(H,16,17,18). The van der Waals surface area contributed by atoms with E-state index in [2.05, 4.69) is 0 Å². The molecule has 2 aromatic carbocycles. The Morgan fingerprint density at radius 1 is 1.00 bits per heavy atom. The van der Waals surface area contributed by atoms with E-state index in [1.807, 2.05) is 0 Å². The maximum Gasteiger partial charge on any atom is 0.296 e. The van der Waals surface area contributed by atoms with Crippen molar-refractivity contribution in [3.63, 3.8) is 0 Å². The van der Waals surface area contributed by atoms with Crippen molar-refractivity contribution in [1.82, 2.24) is 0 Å². The van der Waals surface area contributed by atoms with E-state index in [0.29, 0.717) is 5.56 Å². The van der Waals surface area contributed by atoms with Gasteiger partial charge in [0.25, 0.3) is 10.1 Å². The van der Waals surface area contributed by atoms with Gasteiger partial charge >= 0.3 is 0 Å². The molecule has 6 heteroatoms. The summed E-state index contributed by atoms with van der Waals surface area (Å²) in [6.45, 7) is 0. The number of benzene rings is 2. The molecule has 0 aromatic heterocycles. The fourth-order valence-corrected chi connectivity index (χ4v) is 2.28. The first-order chi connectivity index (χ1) is 8.89. The predicted octanol–water partition coefficient (Wildman–Crippen LogP) is 1.75. The van der Waals surface area contributed by atoms with Crippen molar-refractivity contribution in [2.75, 3.05) is 5.73 Å². The lowest BCUT2D eigenvalue weighted by atomic mass is 10.0. The van der Waals surface area contributed by atoms with Gasteiger partial charge in [0.05, 0.1) is 5.69 Å². The summed E-state index contributed by atoms with van der Waals surface area (Å²) in [6.07, 6.45) is 0. The molecule has 0 spiro atoms. The maximum absolute atomic E-state index is 12.1. The number of ketones is 1. The van der Waals surface area contributed by atoms with E-state index in [0.717, 1.165) is 6.07 Å². The summed E-state index contributed by atoms with van der Waals surface area (Å²) in [7, 11) is -4.38. The zero-order valence-corrected chi connectivity index (χ0v) is 10.6. The molecular formula is C13H11NO4S. The van der Waals surface area contributed by atoms with Crippen molar-refractivity contribution in [1.29, 1.82) is 0 Å². The fourth-order valence-electron chi connectivity index (χ4n) is 1.68. The van der Waals surface area contributed by atoms with Gasteiger partial charge in [0, 0.05) is 11.1 Å². The number of carbonyl (C=O) groups excluding carboxylic acids is 1. The van der Waals surface area contributed by atoms with Crippen molar-refractivity contribution in [3.05, 3.63) is 59.7 Å². The van der Waals surface area contributed by atoms with Gasteiger partial charge in [-0.3, -0.25) is 9.35 Å². The molecule has 0 aliphatic carbocycles. The van der Waals surface area contributed by atoms with Gasteiger partial charge in [-0.05, 0) is 18.2 Å². The first kappa shape index (κ1) is 13.3. The van der Waals surface area contributed by atoms with Crippen LogP contribution in [0, 0.1) is 0 Å². The van der Waals surface area contributed by atoms with E-state index in [-0.39, 0.29) is 17.0 Å². The molecule has 3 N–H and O–H groups in total. The molecule has 0 heterocycles. The number of hydrogen-bond donors (Lipinski definition) is 2. The molecule has 0 atom stereocenters. The van der Waals surface area contributed by atoms with Crippen molar-refractivity contribution >= 4 is 21.6 Å². The zero-order chi connectivity index (χ0) is 14.0. The van der Waals surface area contributed by atoms with Crippen LogP contribution in [0.4, 0.5) is 5.69 Å². The van der Waals surface area contributed by atoms with Gasteiger partial charge in [-0.2, -0.15) is 8.42 Å². The monoisotopic (exact) mass is 277 g/mol. The summed E-state index contributed by atoms with van der Waals surface area (Å²) in [5.41, 5.74) is 6.10. The molecule has 19 heavy (non-hydrogen) atoms. The van der Waals surface area contributed by atoms with Crippen molar-refractivity contribution < 1.29 is 17.8 Å². The highest BCUT2D eigenvalue weighted by Gasteiger charge is 2.16. The van der Waals surface area contributed by atoms with Crippen LogP contribution in [0.5, 0.6) is 0 Å². The van der Waals surface area contributed by atoms with E-state index in [1.165, 1.54) is 12.1 Å². The minimum absolute atomic E-state index is 0.163. The fraction of sp³-hybridized carbons (Fsp3) is 0. The highest BCUT2D eigenvalue weighted by molar-refractivity contribution is 7.86. The van der Waals surface area contributed by atoms with E-state index in [4.69, 9.17) is 10.3 Å². The lowest BCUT2D eigenvalue weighted by molar-refractivity contribution is 0.103.